The number of nitrogen functional groups attached to an aromatic ring is 1. The first-order chi connectivity index (χ1) is 9.72. The maximum Gasteiger partial charge on any atom is 0.239 e. The van der Waals surface area contributed by atoms with Crippen molar-refractivity contribution in [3.05, 3.63) is 0 Å². The highest BCUT2D eigenvalue weighted by atomic mass is 16.2. The lowest BCUT2D eigenvalue weighted by atomic mass is 10.4. The van der Waals surface area contributed by atoms with Crippen molar-refractivity contribution in [1.29, 1.82) is 0 Å². The topological polar surface area (TPSA) is 100 Å². The summed E-state index contributed by atoms with van der Waals surface area (Å²) in [7, 11) is 0. The molecule has 1 aromatic rings. The Labute approximate surface area is 117 Å². The molecule has 0 spiro atoms. The van der Waals surface area contributed by atoms with Gasteiger partial charge in [0.15, 0.2) is 0 Å². The van der Waals surface area contributed by atoms with Crippen LogP contribution in [0.25, 0.3) is 0 Å². The van der Waals surface area contributed by atoms with Gasteiger partial charge in [-0.25, -0.2) is 0 Å². The Balaban J connectivity index is 1.86. The van der Waals surface area contributed by atoms with Gasteiger partial charge in [0.2, 0.25) is 23.8 Å². The van der Waals surface area contributed by atoms with Crippen LogP contribution in [-0.2, 0) is 4.79 Å². The molecule has 8 nitrogen and oxygen atoms in total. The maximum absolute atomic E-state index is 11.6. The van der Waals surface area contributed by atoms with E-state index >= 15 is 0 Å². The van der Waals surface area contributed by atoms with Gasteiger partial charge in [-0.05, 0) is 19.3 Å². The van der Waals surface area contributed by atoms with Crippen LogP contribution in [0.5, 0.6) is 0 Å². The Morgan fingerprint density at radius 1 is 0.950 bits per heavy atom. The zero-order valence-electron chi connectivity index (χ0n) is 11.4. The molecule has 3 rings (SSSR count). The second-order valence-corrected chi connectivity index (χ2v) is 5.11. The van der Waals surface area contributed by atoms with Crippen molar-refractivity contribution in [3.8, 4) is 0 Å². The second-order valence-electron chi connectivity index (χ2n) is 5.11. The number of nitrogens with zero attached hydrogens (tertiary/aromatic N) is 5. The van der Waals surface area contributed by atoms with Crippen molar-refractivity contribution in [1.82, 2.24) is 20.3 Å². The van der Waals surface area contributed by atoms with E-state index in [1.54, 1.807) is 0 Å². The van der Waals surface area contributed by atoms with E-state index in [2.05, 4.69) is 25.2 Å². The Kier molecular flexibility index (Phi) is 3.53. The van der Waals surface area contributed by atoms with Crippen molar-refractivity contribution in [2.75, 3.05) is 48.3 Å². The highest BCUT2D eigenvalue weighted by molar-refractivity contribution is 5.81. The van der Waals surface area contributed by atoms with Gasteiger partial charge in [-0.3, -0.25) is 4.79 Å². The number of hydrogen-bond acceptors (Lipinski definition) is 7. The Morgan fingerprint density at radius 2 is 1.60 bits per heavy atom. The van der Waals surface area contributed by atoms with Crippen LogP contribution in [0.3, 0.4) is 0 Å². The number of amides is 1. The standard InChI is InChI=1S/C12H19N7O/c13-10-15-11(18-5-1-2-6-18)17-12(16-10)19-7-3-4-14-9(20)8-19/h1-8H2,(H,14,20)(H2,13,15,16,17). The van der Waals surface area contributed by atoms with Crippen LogP contribution in [0.4, 0.5) is 17.8 Å². The molecule has 0 atom stereocenters. The molecule has 0 unspecified atom stereocenters. The van der Waals surface area contributed by atoms with Crippen molar-refractivity contribution in [2.45, 2.75) is 19.3 Å². The molecule has 0 aliphatic carbocycles. The summed E-state index contributed by atoms with van der Waals surface area (Å²) in [5.74, 6) is 1.32. The lowest BCUT2D eigenvalue weighted by molar-refractivity contribution is -0.119. The minimum Gasteiger partial charge on any atom is -0.368 e. The molecule has 3 heterocycles. The van der Waals surface area contributed by atoms with E-state index in [1.807, 2.05) is 4.90 Å². The minimum atomic E-state index is -0.00999. The van der Waals surface area contributed by atoms with Gasteiger partial charge in [-0.15, -0.1) is 0 Å². The molecule has 0 bridgehead atoms. The minimum absolute atomic E-state index is 0.00999. The Hall–Kier alpha value is -2.12. The molecule has 8 heteroatoms. The molecular formula is C12H19N7O. The van der Waals surface area contributed by atoms with E-state index in [9.17, 15) is 4.79 Å². The Bertz CT molecular complexity index is 501. The molecule has 0 saturated carbocycles. The molecule has 2 aliphatic heterocycles. The molecule has 3 N–H and O–H groups in total. The van der Waals surface area contributed by atoms with Gasteiger partial charge in [0.1, 0.15) is 0 Å². The number of nitrogens with two attached hydrogens (primary N) is 1. The van der Waals surface area contributed by atoms with Crippen molar-refractivity contribution < 1.29 is 4.79 Å². The molecule has 20 heavy (non-hydrogen) atoms. The summed E-state index contributed by atoms with van der Waals surface area (Å²) in [6.07, 6.45) is 3.16. The number of carbonyl (C=O) groups excluding carboxylic acids is 1. The van der Waals surface area contributed by atoms with Crippen LogP contribution in [0, 0.1) is 0 Å². The number of anilines is 3. The average molecular weight is 277 g/mol. The van der Waals surface area contributed by atoms with Gasteiger partial charge in [-0.1, -0.05) is 0 Å². The predicted molar refractivity (Wildman–Crippen MR) is 75.5 cm³/mol. The smallest absolute Gasteiger partial charge is 0.239 e. The van der Waals surface area contributed by atoms with Crippen LogP contribution in [0.15, 0.2) is 0 Å². The molecule has 2 saturated heterocycles. The van der Waals surface area contributed by atoms with Crippen molar-refractivity contribution in [2.24, 2.45) is 0 Å². The van der Waals surface area contributed by atoms with E-state index in [0.717, 1.165) is 38.9 Å². The maximum atomic E-state index is 11.6. The third-order valence-electron chi connectivity index (χ3n) is 3.56. The number of rotatable bonds is 2. The summed E-state index contributed by atoms with van der Waals surface area (Å²) in [5.41, 5.74) is 5.79. The van der Waals surface area contributed by atoms with Crippen molar-refractivity contribution in [3.63, 3.8) is 0 Å². The van der Waals surface area contributed by atoms with E-state index in [0.29, 0.717) is 18.4 Å². The van der Waals surface area contributed by atoms with E-state index in [-0.39, 0.29) is 18.4 Å². The summed E-state index contributed by atoms with van der Waals surface area (Å²) >= 11 is 0. The van der Waals surface area contributed by atoms with E-state index in [1.165, 1.54) is 0 Å². The van der Waals surface area contributed by atoms with Gasteiger partial charge >= 0.3 is 0 Å². The molecule has 108 valence electrons. The van der Waals surface area contributed by atoms with Crippen LogP contribution < -0.4 is 20.9 Å². The molecule has 2 aliphatic rings. The van der Waals surface area contributed by atoms with Gasteiger partial charge in [0.25, 0.3) is 0 Å². The van der Waals surface area contributed by atoms with Crippen LogP contribution >= 0.6 is 0 Å². The summed E-state index contributed by atoms with van der Waals surface area (Å²) in [4.78, 5) is 28.5. The molecule has 1 amide bonds. The number of hydrogen-bond donors (Lipinski definition) is 2. The average Bonchev–Trinajstić information content (AvgIpc) is 2.87. The third-order valence-corrected chi connectivity index (χ3v) is 3.56. The fraction of sp³-hybridized carbons (Fsp3) is 0.667. The normalized spacial score (nSPS) is 19.9. The van der Waals surface area contributed by atoms with Gasteiger partial charge < -0.3 is 20.9 Å². The first kappa shape index (κ1) is 12.9. The van der Waals surface area contributed by atoms with Crippen LogP contribution in [0.1, 0.15) is 19.3 Å². The number of aromatic nitrogens is 3. The van der Waals surface area contributed by atoms with Gasteiger partial charge in [-0.2, -0.15) is 15.0 Å². The molecule has 2 fully saturated rings. The summed E-state index contributed by atoms with van der Waals surface area (Å²) in [6.45, 7) is 3.59. The lowest BCUT2D eigenvalue weighted by Gasteiger charge is -2.21. The molecule has 0 radical (unpaired) electrons. The van der Waals surface area contributed by atoms with Crippen molar-refractivity contribution >= 4 is 23.8 Å². The lowest BCUT2D eigenvalue weighted by Crippen LogP contribution is -2.34. The monoisotopic (exact) mass is 277 g/mol. The second kappa shape index (κ2) is 5.48. The molecule has 0 aromatic carbocycles. The highest BCUT2D eigenvalue weighted by Gasteiger charge is 2.21. The summed E-state index contributed by atoms with van der Waals surface area (Å²) in [6, 6.07) is 0. The van der Waals surface area contributed by atoms with Crippen LogP contribution in [0.2, 0.25) is 0 Å². The van der Waals surface area contributed by atoms with E-state index in [4.69, 9.17) is 5.73 Å². The largest absolute Gasteiger partial charge is 0.368 e. The zero-order chi connectivity index (χ0) is 13.9. The Morgan fingerprint density at radius 3 is 2.35 bits per heavy atom. The van der Waals surface area contributed by atoms with Gasteiger partial charge in [0, 0.05) is 26.2 Å². The number of nitrogens with one attached hydrogen (secondary N) is 1. The summed E-state index contributed by atoms with van der Waals surface area (Å²) in [5, 5.41) is 2.84. The third kappa shape index (κ3) is 2.73. The fourth-order valence-corrected chi connectivity index (χ4v) is 2.55. The van der Waals surface area contributed by atoms with Crippen LogP contribution in [-0.4, -0.2) is 53.6 Å². The number of carbonyl (C=O) groups is 1. The molecular weight excluding hydrogens is 258 g/mol. The molecule has 1 aromatic heterocycles. The summed E-state index contributed by atoms with van der Waals surface area (Å²) < 4.78 is 0. The first-order valence-corrected chi connectivity index (χ1v) is 7.00. The fourth-order valence-electron chi connectivity index (χ4n) is 2.55. The SMILES string of the molecule is Nc1nc(N2CCCC2)nc(N2CCCNC(=O)C2)n1. The zero-order valence-corrected chi connectivity index (χ0v) is 11.4. The predicted octanol–water partition coefficient (Wildman–Crippen LogP) is -0.620. The highest BCUT2D eigenvalue weighted by Crippen LogP contribution is 2.19. The quantitative estimate of drug-likeness (QED) is 0.743. The first-order valence-electron chi connectivity index (χ1n) is 7.00. The van der Waals surface area contributed by atoms with Gasteiger partial charge in [0.05, 0.1) is 6.54 Å². The van der Waals surface area contributed by atoms with E-state index < -0.39 is 0 Å².